The lowest BCUT2D eigenvalue weighted by Crippen LogP contribution is -2.39. The number of aromatic nitrogens is 4. The minimum absolute atomic E-state index is 0.00617. The number of amides is 1. The van der Waals surface area contributed by atoms with E-state index < -0.39 is 0 Å². The van der Waals surface area contributed by atoms with Gasteiger partial charge in [-0.1, -0.05) is 0 Å². The van der Waals surface area contributed by atoms with Crippen molar-refractivity contribution in [2.45, 2.75) is 38.1 Å². The van der Waals surface area contributed by atoms with Crippen LogP contribution in [0.15, 0.2) is 18.3 Å². The number of carbonyl (C=O) groups is 1. The zero-order chi connectivity index (χ0) is 18.8. The molecule has 2 N–H and O–H groups in total. The monoisotopic (exact) mass is 369 g/mol. The summed E-state index contributed by atoms with van der Waals surface area (Å²) in [6, 6.07) is 3.41. The van der Waals surface area contributed by atoms with Crippen LogP contribution in [0, 0.1) is 0 Å². The number of hydrogen-bond donors (Lipinski definition) is 1. The van der Waals surface area contributed by atoms with E-state index >= 15 is 0 Å². The highest BCUT2D eigenvalue weighted by Gasteiger charge is 2.29. The molecule has 8 heteroatoms. The number of hydrogen-bond acceptors (Lipinski definition) is 6. The zero-order valence-corrected chi connectivity index (χ0v) is 15.8. The number of rotatable bonds is 4. The highest BCUT2D eigenvalue weighted by molar-refractivity contribution is 5.94. The molecular weight excluding hydrogens is 342 g/mol. The largest absolute Gasteiger partial charge is 0.384 e. The average Bonchev–Trinajstić information content (AvgIpc) is 3.33. The van der Waals surface area contributed by atoms with Crippen molar-refractivity contribution in [1.82, 2.24) is 29.5 Å². The summed E-state index contributed by atoms with van der Waals surface area (Å²) in [6.45, 7) is 4.57. The Balaban J connectivity index is 1.45. The summed E-state index contributed by atoms with van der Waals surface area (Å²) in [7, 11) is 2.05. The van der Waals surface area contributed by atoms with Crippen LogP contribution in [0.1, 0.15) is 53.6 Å². The first-order valence-corrected chi connectivity index (χ1v) is 9.73. The van der Waals surface area contributed by atoms with E-state index in [0.29, 0.717) is 17.9 Å². The highest BCUT2D eigenvalue weighted by atomic mass is 16.2. The average molecular weight is 369 g/mol. The third-order valence-corrected chi connectivity index (χ3v) is 5.67. The van der Waals surface area contributed by atoms with Crippen LogP contribution in [-0.4, -0.2) is 61.6 Å². The Labute approximate surface area is 159 Å². The number of nitrogens with zero attached hydrogens (tertiary/aromatic N) is 6. The molecule has 1 amide bonds. The number of nitrogen functional groups attached to an aromatic ring is 1. The molecule has 0 bridgehead atoms. The minimum atomic E-state index is 0.00617. The fourth-order valence-corrected chi connectivity index (χ4v) is 4.10. The summed E-state index contributed by atoms with van der Waals surface area (Å²) in [5.41, 5.74) is 6.20. The van der Waals surface area contributed by atoms with Crippen LogP contribution in [0.4, 0.5) is 5.82 Å². The number of likely N-dealkylation sites (tertiary alicyclic amines) is 2. The molecule has 0 saturated carbocycles. The van der Waals surface area contributed by atoms with Crippen LogP contribution < -0.4 is 5.73 Å². The molecular formula is C19H27N7O. The molecule has 2 aromatic rings. The predicted molar refractivity (Wildman–Crippen MR) is 102 cm³/mol. The Morgan fingerprint density at radius 3 is 2.74 bits per heavy atom. The second-order valence-corrected chi connectivity index (χ2v) is 7.58. The van der Waals surface area contributed by atoms with Crippen molar-refractivity contribution in [3.63, 3.8) is 0 Å². The smallest absolute Gasteiger partial charge is 0.255 e. The quantitative estimate of drug-likeness (QED) is 0.876. The van der Waals surface area contributed by atoms with Gasteiger partial charge in [0.2, 0.25) is 0 Å². The molecule has 1 atom stereocenters. The summed E-state index contributed by atoms with van der Waals surface area (Å²) in [4.78, 5) is 21.2. The molecule has 4 heterocycles. The first-order valence-electron chi connectivity index (χ1n) is 9.73. The van der Waals surface area contributed by atoms with E-state index in [0.717, 1.165) is 50.7 Å². The van der Waals surface area contributed by atoms with Crippen molar-refractivity contribution < 1.29 is 4.79 Å². The number of pyridine rings is 1. The van der Waals surface area contributed by atoms with Crippen LogP contribution in [0.3, 0.4) is 0 Å². The van der Waals surface area contributed by atoms with E-state index in [-0.39, 0.29) is 11.8 Å². The van der Waals surface area contributed by atoms with Gasteiger partial charge in [0.25, 0.3) is 5.91 Å². The molecule has 27 heavy (non-hydrogen) atoms. The second kappa shape index (κ2) is 7.64. The van der Waals surface area contributed by atoms with Crippen molar-refractivity contribution in [3.8, 4) is 0 Å². The van der Waals surface area contributed by atoms with E-state index in [4.69, 9.17) is 5.73 Å². The van der Waals surface area contributed by atoms with E-state index in [1.165, 1.54) is 12.8 Å². The highest BCUT2D eigenvalue weighted by Crippen LogP contribution is 2.27. The molecule has 2 aromatic heterocycles. The lowest BCUT2D eigenvalue weighted by Gasteiger charge is -2.32. The van der Waals surface area contributed by atoms with Gasteiger partial charge in [-0.2, -0.15) is 0 Å². The maximum Gasteiger partial charge on any atom is 0.255 e. The molecule has 144 valence electrons. The van der Waals surface area contributed by atoms with Crippen molar-refractivity contribution in [2.24, 2.45) is 7.05 Å². The van der Waals surface area contributed by atoms with Crippen molar-refractivity contribution in [1.29, 1.82) is 0 Å². The fraction of sp³-hybridized carbons (Fsp3) is 0.579. The van der Waals surface area contributed by atoms with Gasteiger partial charge in [-0.25, -0.2) is 4.98 Å². The molecule has 2 aliphatic rings. The summed E-state index contributed by atoms with van der Waals surface area (Å²) in [5.74, 6) is 2.64. The Hall–Kier alpha value is -2.48. The van der Waals surface area contributed by atoms with Gasteiger partial charge < -0.3 is 15.2 Å². The summed E-state index contributed by atoms with van der Waals surface area (Å²) < 4.78 is 2.13. The Kier molecular flexibility index (Phi) is 5.07. The molecule has 0 unspecified atom stereocenters. The maximum atomic E-state index is 12.8. The third kappa shape index (κ3) is 3.80. The first-order chi connectivity index (χ1) is 13.1. The number of piperidine rings is 1. The number of anilines is 1. The molecule has 8 nitrogen and oxygen atoms in total. The lowest BCUT2D eigenvalue weighted by molar-refractivity contribution is 0.0703. The lowest BCUT2D eigenvalue weighted by atomic mass is 9.96. The van der Waals surface area contributed by atoms with Gasteiger partial charge in [-0.15, -0.1) is 10.2 Å². The van der Waals surface area contributed by atoms with Crippen molar-refractivity contribution in [2.75, 3.05) is 31.9 Å². The van der Waals surface area contributed by atoms with E-state index in [9.17, 15) is 4.79 Å². The van der Waals surface area contributed by atoms with Gasteiger partial charge in [0.15, 0.2) is 0 Å². The molecule has 0 spiro atoms. The van der Waals surface area contributed by atoms with Crippen LogP contribution in [0.2, 0.25) is 0 Å². The topological polar surface area (TPSA) is 93.2 Å². The second-order valence-electron chi connectivity index (χ2n) is 7.58. The van der Waals surface area contributed by atoms with Crippen molar-refractivity contribution in [3.05, 3.63) is 35.5 Å². The van der Waals surface area contributed by atoms with Crippen molar-refractivity contribution >= 4 is 11.7 Å². The van der Waals surface area contributed by atoms with Gasteiger partial charge >= 0.3 is 0 Å². The Morgan fingerprint density at radius 2 is 2.00 bits per heavy atom. The molecule has 2 aliphatic heterocycles. The summed E-state index contributed by atoms with van der Waals surface area (Å²) in [6.07, 6.45) is 6.08. The zero-order valence-electron chi connectivity index (χ0n) is 15.8. The van der Waals surface area contributed by atoms with E-state index in [1.54, 1.807) is 18.3 Å². The molecule has 4 rings (SSSR count). The fourth-order valence-electron chi connectivity index (χ4n) is 4.10. The van der Waals surface area contributed by atoms with Crippen LogP contribution in [-0.2, 0) is 13.6 Å². The van der Waals surface area contributed by atoms with Crippen LogP contribution in [0.25, 0.3) is 0 Å². The minimum Gasteiger partial charge on any atom is -0.384 e. The van der Waals surface area contributed by atoms with Crippen LogP contribution in [0.5, 0.6) is 0 Å². The Bertz CT molecular complexity index is 795. The SMILES string of the molecule is Cn1c(CN2CCCC2)nnc1[C@H]1CCCN(C(=O)c2ccc(N)nc2)C1. The van der Waals surface area contributed by atoms with Crippen LogP contribution >= 0.6 is 0 Å². The number of nitrogens with two attached hydrogens (primary N) is 1. The van der Waals surface area contributed by atoms with Gasteiger partial charge in [-0.3, -0.25) is 9.69 Å². The van der Waals surface area contributed by atoms with Gasteiger partial charge in [0.1, 0.15) is 17.5 Å². The maximum absolute atomic E-state index is 12.8. The first kappa shape index (κ1) is 17.9. The Morgan fingerprint density at radius 1 is 1.19 bits per heavy atom. The van der Waals surface area contributed by atoms with Gasteiger partial charge in [-0.05, 0) is 50.9 Å². The molecule has 0 radical (unpaired) electrons. The standard InChI is InChI=1S/C19H27N7O/c1-24-17(13-25-8-2-3-9-25)22-23-18(24)15-5-4-10-26(12-15)19(27)14-6-7-16(20)21-11-14/h6-7,11,15H,2-5,8-10,12-13H2,1H3,(H2,20,21)/t15-/m0/s1. The summed E-state index contributed by atoms with van der Waals surface area (Å²) in [5, 5.41) is 8.92. The molecule has 0 aromatic carbocycles. The predicted octanol–water partition coefficient (Wildman–Crippen LogP) is 1.41. The van der Waals surface area contributed by atoms with E-state index in [1.807, 2.05) is 11.9 Å². The normalized spacial score (nSPS) is 20.9. The number of carbonyl (C=O) groups excluding carboxylic acids is 1. The summed E-state index contributed by atoms with van der Waals surface area (Å²) >= 11 is 0. The van der Waals surface area contributed by atoms with E-state index in [2.05, 4.69) is 24.6 Å². The van der Waals surface area contributed by atoms with Gasteiger partial charge in [0, 0.05) is 32.3 Å². The molecule has 0 aliphatic carbocycles. The third-order valence-electron chi connectivity index (χ3n) is 5.67. The molecule has 2 fully saturated rings. The molecule has 2 saturated heterocycles. The van der Waals surface area contributed by atoms with Gasteiger partial charge in [0.05, 0.1) is 12.1 Å².